The molecule has 0 atom stereocenters. The van der Waals surface area contributed by atoms with Gasteiger partial charge in [0, 0.05) is 6.54 Å². The summed E-state index contributed by atoms with van der Waals surface area (Å²) in [6.45, 7) is -0.144. The van der Waals surface area contributed by atoms with Crippen LogP contribution in [-0.4, -0.2) is 33.0 Å². The minimum atomic E-state index is -2.49. The van der Waals surface area contributed by atoms with Gasteiger partial charge in [-0.1, -0.05) is 12.1 Å². The zero-order valence-electron chi connectivity index (χ0n) is 11.5. The quantitative estimate of drug-likeness (QED) is 0.732. The number of benzene rings is 1. The second-order valence-corrected chi connectivity index (χ2v) is 4.53. The van der Waals surface area contributed by atoms with Crippen LogP contribution in [0.2, 0.25) is 0 Å². The Balaban J connectivity index is 1.68. The number of hydrogen-bond acceptors (Lipinski definition) is 5. The van der Waals surface area contributed by atoms with E-state index in [4.69, 9.17) is 4.74 Å². The Kier molecular flexibility index (Phi) is 4.08. The van der Waals surface area contributed by atoms with Crippen molar-refractivity contribution in [1.82, 2.24) is 19.9 Å². The van der Waals surface area contributed by atoms with E-state index in [1.165, 1.54) is 6.33 Å². The standard InChI is InChI=1S/C14H13F2N5O/c15-11(16)6-22-10-3-1-2-9(4-10)5-17-13-12-14(19-7-18-12)21-8-20-13/h1-4,7-8,11H,5-6H2,(H2,17,18,19,20,21). The highest BCUT2D eigenvalue weighted by Crippen LogP contribution is 2.18. The minimum Gasteiger partial charge on any atom is -0.488 e. The van der Waals surface area contributed by atoms with Crippen LogP contribution in [0.4, 0.5) is 14.6 Å². The van der Waals surface area contributed by atoms with E-state index < -0.39 is 13.0 Å². The molecule has 114 valence electrons. The van der Waals surface area contributed by atoms with E-state index >= 15 is 0 Å². The number of anilines is 1. The molecule has 0 radical (unpaired) electrons. The van der Waals surface area contributed by atoms with Gasteiger partial charge < -0.3 is 15.0 Å². The highest BCUT2D eigenvalue weighted by molar-refractivity contribution is 5.81. The molecule has 0 saturated carbocycles. The average molecular weight is 305 g/mol. The molecule has 8 heteroatoms. The van der Waals surface area contributed by atoms with Crippen LogP contribution < -0.4 is 10.1 Å². The normalized spacial score (nSPS) is 11.0. The third kappa shape index (κ3) is 3.27. The molecule has 22 heavy (non-hydrogen) atoms. The third-order valence-corrected chi connectivity index (χ3v) is 2.96. The Labute approximate surface area is 124 Å². The maximum Gasteiger partial charge on any atom is 0.272 e. The van der Waals surface area contributed by atoms with Crippen molar-refractivity contribution in [3.8, 4) is 5.75 Å². The number of H-pyrrole nitrogens is 1. The number of rotatable bonds is 6. The van der Waals surface area contributed by atoms with Gasteiger partial charge in [0.05, 0.1) is 6.33 Å². The van der Waals surface area contributed by atoms with E-state index in [9.17, 15) is 8.78 Å². The first-order valence-electron chi connectivity index (χ1n) is 6.60. The Morgan fingerprint density at radius 3 is 3.00 bits per heavy atom. The average Bonchev–Trinajstić information content (AvgIpc) is 3.00. The lowest BCUT2D eigenvalue weighted by Crippen LogP contribution is -2.07. The van der Waals surface area contributed by atoms with E-state index in [1.54, 1.807) is 24.5 Å². The van der Waals surface area contributed by atoms with Crippen molar-refractivity contribution in [1.29, 1.82) is 0 Å². The molecule has 0 bridgehead atoms. The highest BCUT2D eigenvalue weighted by atomic mass is 19.3. The lowest BCUT2D eigenvalue weighted by atomic mass is 10.2. The first kappa shape index (κ1) is 14.2. The molecule has 0 spiro atoms. The Bertz CT molecular complexity index is 762. The molecule has 2 N–H and O–H groups in total. The fourth-order valence-corrected chi connectivity index (χ4v) is 1.99. The summed E-state index contributed by atoms with van der Waals surface area (Å²) in [6, 6.07) is 6.97. The molecule has 3 rings (SSSR count). The Morgan fingerprint density at radius 1 is 1.23 bits per heavy atom. The van der Waals surface area contributed by atoms with Crippen LogP contribution in [0.15, 0.2) is 36.9 Å². The lowest BCUT2D eigenvalue weighted by molar-refractivity contribution is 0.0818. The van der Waals surface area contributed by atoms with Crippen LogP contribution in [0.1, 0.15) is 5.56 Å². The van der Waals surface area contributed by atoms with E-state index in [2.05, 4.69) is 25.3 Å². The maximum absolute atomic E-state index is 12.1. The number of aromatic nitrogens is 4. The van der Waals surface area contributed by atoms with Gasteiger partial charge in [-0.25, -0.2) is 23.7 Å². The number of alkyl halides is 2. The van der Waals surface area contributed by atoms with Crippen LogP contribution in [0, 0.1) is 0 Å². The van der Waals surface area contributed by atoms with Gasteiger partial charge in [0.25, 0.3) is 6.43 Å². The van der Waals surface area contributed by atoms with Crippen molar-refractivity contribution in [2.24, 2.45) is 0 Å². The van der Waals surface area contributed by atoms with E-state index in [1.807, 2.05) is 6.07 Å². The van der Waals surface area contributed by atoms with Gasteiger partial charge in [0.1, 0.15) is 24.2 Å². The number of halogens is 2. The molecule has 6 nitrogen and oxygen atoms in total. The smallest absolute Gasteiger partial charge is 0.272 e. The summed E-state index contributed by atoms with van der Waals surface area (Å²) < 4.78 is 29.3. The van der Waals surface area contributed by atoms with Crippen molar-refractivity contribution < 1.29 is 13.5 Å². The third-order valence-electron chi connectivity index (χ3n) is 2.96. The summed E-state index contributed by atoms with van der Waals surface area (Å²) in [5.41, 5.74) is 2.18. The Hall–Kier alpha value is -2.77. The molecular weight excluding hydrogens is 292 g/mol. The summed E-state index contributed by atoms with van der Waals surface area (Å²) in [4.78, 5) is 15.2. The van der Waals surface area contributed by atoms with E-state index in [0.717, 1.165) is 5.56 Å². The van der Waals surface area contributed by atoms with Crippen molar-refractivity contribution in [2.75, 3.05) is 11.9 Å². The molecule has 0 aliphatic heterocycles. The molecule has 0 aliphatic carbocycles. The molecule has 3 aromatic rings. The highest BCUT2D eigenvalue weighted by Gasteiger charge is 2.06. The SMILES string of the molecule is FC(F)COc1cccc(CNc2ncnc3nc[nH]c23)c1. The second kappa shape index (κ2) is 6.33. The summed E-state index contributed by atoms with van der Waals surface area (Å²) in [5, 5.41) is 3.16. The maximum atomic E-state index is 12.1. The van der Waals surface area contributed by atoms with Gasteiger partial charge in [-0.3, -0.25) is 0 Å². The van der Waals surface area contributed by atoms with Crippen LogP contribution in [0.3, 0.4) is 0 Å². The van der Waals surface area contributed by atoms with Gasteiger partial charge in [-0.15, -0.1) is 0 Å². The predicted molar refractivity (Wildman–Crippen MR) is 77.0 cm³/mol. The second-order valence-electron chi connectivity index (χ2n) is 4.53. The molecule has 0 fully saturated rings. The number of fused-ring (bicyclic) bond motifs is 1. The van der Waals surface area contributed by atoms with Crippen molar-refractivity contribution in [3.63, 3.8) is 0 Å². The number of hydrogen-bond donors (Lipinski definition) is 2. The van der Waals surface area contributed by atoms with Gasteiger partial charge in [-0.05, 0) is 17.7 Å². The number of nitrogens with zero attached hydrogens (tertiary/aromatic N) is 3. The first-order chi connectivity index (χ1) is 10.7. The van der Waals surface area contributed by atoms with Crippen LogP contribution >= 0.6 is 0 Å². The van der Waals surface area contributed by atoms with Crippen molar-refractivity contribution in [2.45, 2.75) is 13.0 Å². The molecule has 1 aromatic carbocycles. The predicted octanol–water partition coefficient (Wildman–Crippen LogP) is 2.61. The monoisotopic (exact) mass is 305 g/mol. The van der Waals surface area contributed by atoms with Gasteiger partial charge in [-0.2, -0.15) is 0 Å². The number of nitrogens with one attached hydrogen (secondary N) is 2. The molecule has 2 heterocycles. The molecule has 0 amide bonds. The fourth-order valence-electron chi connectivity index (χ4n) is 1.99. The Morgan fingerprint density at radius 2 is 2.14 bits per heavy atom. The molecule has 0 unspecified atom stereocenters. The summed E-state index contributed by atoms with van der Waals surface area (Å²) in [7, 11) is 0. The van der Waals surface area contributed by atoms with Gasteiger partial charge >= 0.3 is 0 Å². The molecular formula is C14H13F2N5O. The van der Waals surface area contributed by atoms with Crippen molar-refractivity contribution in [3.05, 3.63) is 42.5 Å². The summed E-state index contributed by atoms with van der Waals surface area (Å²) in [6.07, 6.45) is 0.480. The number of imidazole rings is 1. The minimum absolute atomic E-state index is 0.411. The summed E-state index contributed by atoms with van der Waals surface area (Å²) >= 11 is 0. The van der Waals surface area contributed by atoms with E-state index in [0.29, 0.717) is 29.3 Å². The topological polar surface area (TPSA) is 75.7 Å². The van der Waals surface area contributed by atoms with Crippen molar-refractivity contribution >= 4 is 17.0 Å². The van der Waals surface area contributed by atoms with Crippen LogP contribution in [0.25, 0.3) is 11.2 Å². The first-order valence-corrected chi connectivity index (χ1v) is 6.60. The van der Waals surface area contributed by atoms with Crippen LogP contribution in [-0.2, 0) is 6.54 Å². The number of aromatic amines is 1. The number of ether oxygens (including phenoxy) is 1. The molecule has 2 aromatic heterocycles. The molecule has 0 saturated heterocycles. The largest absolute Gasteiger partial charge is 0.488 e. The fraction of sp³-hybridized carbons (Fsp3) is 0.214. The van der Waals surface area contributed by atoms with Crippen LogP contribution in [0.5, 0.6) is 5.75 Å². The zero-order chi connectivity index (χ0) is 15.4. The van der Waals surface area contributed by atoms with Gasteiger partial charge in [0.15, 0.2) is 11.5 Å². The molecule has 0 aliphatic rings. The summed E-state index contributed by atoms with van der Waals surface area (Å²) in [5.74, 6) is 1.04. The van der Waals surface area contributed by atoms with Gasteiger partial charge in [0.2, 0.25) is 0 Å². The zero-order valence-corrected chi connectivity index (χ0v) is 11.5. The van der Waals surface area contributed by atoms with E-state index in [-0.39, 0.29) is 0 Å². The lowest BCUT2D eigenvalue weighted by Gasteiger charge is -2.09.